The number of hydrazine groups is 1. The van der Waals surface area contributed by atoms with Crippen molar-refractivity contribution in [1.29, 1.82) is 0 Å². The van der Waals surface area contributed by atoms with Gasteiger partial charge >= 0.3 is 0 Å². The molecule has 0 spiro atoms. The average molecular weight is 290 g/mol. The van der Waals surface area contributed by atoms with Crippen LogP contribution in [0, 0.1) is 11.8 Å². The van der Waals surface area contributed by atoms with Gasteiger partial charge in [-0.05, 0) is 30.7 Å². The van der Waals surface area contributed by atoms with Crippen LogP contribution < -0.4 is 11.3 Å². The van der Waals surface area contributed by atoms with Crippen molar-refractivity contribution in [3.63, 3.8) is 0 Å². The molecule has 0 aromatic heterocycles. The highest BCUT2D eigenvalue weighted by Gasteiger charge is 2.36. The van der Waals surface area contributed by atoms with Crippen molar-refractivity contribution in [2.24, 2.45) is 17.7 Å². The van der Waals surface area contributed by atoms with Gasteiger partial charge in [0.05, 0.1) is 12.1 Å². The smallest absolute Gasteiger partial charge is 0.0993 e. The van der Waals surface area contributed by atoms with Gasteiger partial charge in [-0.25, -0.2) is 0 Å². The quantitative estimate of drug-likeness (QED) is 0.593. The maximum Gasteiger partial charge on any atom is 0.0993 e. The van der Waals surface area contributed by atoms with E-state index in [1.807, 2.05) is 6.07 Å². The molecule has 1 saturated carbocycles. The van der Waals surface area contributed by atoms with Crippen LogP contribution in [0.5, 0.6) is 0 Å². The molecular formula is C18H30N2O. The summed E-state index contributed by atoms with van der Waals surface area (Å²) in [6.07, 6.45) is 6.52. The third-order valence-electron chi connectivity index (χ3n) is 4.95. The highest BCUT2D eigenvalue weighted by Crippen LogP contribution is 2.39. The second kappa shape index (κ2) is 8.52. The van der Waals surface area contributed by atoms with Crippen LogP contribution in [0.2, 0.25) is 0 Å². The average Bonchev–Trinajstić information content (AvgIpc) is 2.56. The van der Waals surface area contributed by atoms with Crippen LogP contribution in [0.25, 0.3) is 0 Å². The molecule has 1 fully saturated rings. The van der Waals surface area contributed by atoms with Crippen LogP contribution in [0.15, 0.2) is 30.3 Å². The van der Waals surface area contributed by atoms with Crippen molar-refractivity contribution in [2.45, 2.75) is 58.1 Å². The Hall–Kier alpha value is -0.900. The Labute approximate surface area is 129 Å². The number of benzene rings is 1. The molecule has 1 aromatic carbocycles. The molecule has 118 valence electrons. The van der Waals surface area contributed by atoms with Gasteiger partial charge in [0.1, 0.15) is 0 Å². The third kappa shape index (κ3) is 4.06. The first-order chi connectivity index (χ1) is 10.3. The van der Waals surface area contributed by atoms with Crippen molar-refractivity contribution < 1.29 is 4.74 Å². The van der Waals surface area contributed by atoms with E-state index in [0.29, 0.717) is 12.5 Å². The van der Waals surface area contributed by atoms with Crippen LogP contribution in [0.1, 0.15) is 57.6 Å². The molecular weight excluding hydrogens is 260 g/mol. The molecule has 0 radical (unpaired) electrons. The number of rotatable bonds is 7. The summed E-state index contributed by atoms with van der Waals surface area (Å²) in [6, 6.07) is 10.7. The zero-order valence-electron chi connectivity index (χ0n) is 13.4. The molecule has 1 aliphatic rings. The van der Waals surface area contributed by atoms with E-state index in [2.05, 4.69) is 43.5 Å². The first-order valence-corrected chi connectivity index (χ1v) is 8.44. The van der Waals surface area contributed by atoms with Crippen LogP contribution in [0.3, 0.4) is 0 Å². The molecule has 0 heterocycles. The van der Waals surface area contributed by atoms with Gasteiger partial charge in [-0.2, -0.15) is 0 Å². The molecule has 3 N–H and O–H groups in total. The number of hydrogen-bond donors (Lipinski definition) is 2. The van der Waals surface area contributed by atoms with Crippen molar-refractivity contribution >= 4 is 0 Å². The minimum absolute atomic E-state index is 0.0401. The normalized spacial score (nSPS) is 25.5. The van der Waals surface area contributed by atoms with Crippen molar-refractivity contribution in [2.75, 3.05) is 6.61 Å². The number of nitrogens with one attached hydrogen (secondary N) is 1. The standard InChI is InChI=1S/C18H30N2O/c1-3-14-10-8-9-13-16(14)17(20-19)18(21-4-2)15-11-6-5-7-12-15/h5-7,11-12,14,16-18,20H,3-4,8-10,13,19H2,1-2H3. The summed E-state index contributed by atoms with van der Waals surface area (Å²) >= 11 is 0. The molecule has 4 unspecified atom stereocenters. The maximum atomic E-state index is 6.08. The summed E-state index contributed by atoms with van der Waals surface area (Å²) < 4.78 is 6.08. The SMILES string of the molecule is CCOC(c1ccccc1)C(NN)C1CCCCC1CC. The van der Waals surface area contributed by atoms with E-state index in [4.69, 9.17) is 10.6 Å². The topological polar surface area (TPSA) is 47.3 Å². The lowest BCUT2D eigenvalue weighted by Gasteiger charge is -2.40. The fourth-order valence-corrected chi connectivity index (χ4v) is 3.88. The molecule has 0 aliphatic heterocycles. The molecule has 21 heavy (non-hydrogen) atoms. The van der Waals surface area contributed by atoms with Gasteiger partial charge in [0.15, 0.2) is 0 Å². The van der Waals surface area contributed by atoms with E-state index in [0.717, 1.165) is 5.92 Å². The molecule has 0 bridgehead atoms. The molecule has 1 aliphatic carbocycles. The van der Waals surface area contributed by atoms with E-state index < -0.39 is 0 Å². The first-order valence-electron chi connectivity index (χ1n) is 8.44. The van der Waals surface area contributed by atoms with Crippen LogP contribution in [-0.4, -0.2) is 12.6 Å². The van der Waals surface area contributed by atoms with Gasteiger partial charge in [0, 0.05) is 6.61 Å². The van der Waals surface area contributed by atoms with E-state index in [1.54, 1.807) is 0 Å². The van der Waals surface area contributed by atoms with Gasteiger partial charge in [-0.1, -0.05) is 62.9 Å². The molecule has 3 nitrogen and oxygen atoms in total. The lowest BCUT2D eigenvalue weighted by molar-refractivity contribution is -0.00269. The Bertz CT molecular complexity index is 395. The monoisotopic (exact) mass is 290 g/mol. The summed E-state index contributed by atoms with van der Waals surface area (Å²) in [5.41, 5.74) is 4.32. The molecule has 4 atom stereocenters. The molecule has 0 saturated heterocycles. The van der Waals surface area contributed by atoms with Crippen molar-refractivity contribution in [3.8, 4) is 0 Å². The highest BCUT2D eigenvalue weighted by atomic mass is 16.5. The van der Waals surface area contributed by atoms with E-state index in [-0.39, 0.29) is 12.1 Å². The lowest BCUT2D eigenvalue weighted by Crippen LogP contribution is -2.49. The second-order valence-electron chi connectivity index (χ2n) is 6.10. The molecule has 1 aromatic rings. The van der Waals surface area contributed by atoms with Crippen LogP contribution in [-0.2, 0) is 4.74 Å². The minimum Gasteiger partial charge on any atom is -0.372 e. The Morgan fingerprint density at radius 2 is 1.90 bits per heavy atom. The van der Waals surface area contributed by atoms with Gasteiger partial charge in [0.25, 0.3) is 0 Å². The Morgan fingerprint density at radius 3 is 2.52 bits per heavy atom. The summed E-state index contributed by atoms with van der Waals surface area (Å²) in [5, 5.41) is 0. The predicted molar refractivity (Wildman–Crippen MR) is 87.7 cm³/mol. The lowest BCUT2D eigenvalue weighted by atomic mass is 9.72. The predicted octanol–water partition coefficient (Wildman–Crippen LogP) is 3.81. The highest BCUT2D eigenvalue weighted by molar-refractivity contribution is 5.19. The van der Waals surface area contributed by atoms with E-state index >= 15 is 0 Å². The van der Waals surface area contributed by atoms with Gasteiger partial charge in [-0.3, -0.25) is 11.3 Å². The minimum atomic E-state index is 0.0401. The van der Waals surface area contributed by atoms with Crippen molar-refractivity contribution in [1.82, 2.24) is 5.43 Å². The zero-order valence-corrected chi connectivity index (χ0v) is 13.4. The summed E-state index contributed by atoms with van der Waals surface area (Å²) in [4.78, 5) is 0. The Balaban J connectivity index is 2.22. The largest absolute Gasteiger partial charge is 0.372 e. The zero-order chi connectivity index (χ0) is 15.1. The van der Waals surface area contributed by atoms with Gasteiger partial charge < -0.3 is 4.74 Å². The maximum absolute atomic E-state index is 6.08. The summed E-state index contributed by atoms with van der Waals surface area (Å²) in [5.74, 6) is 7.32. The fraction of sp³-hybridized carbons (Fsp3) is 0.667. The number of nitrogens with two attached hydrogens (primary N) is 1. The van der Waals surface area contributed by atoms with Gasteiger partial charge in [0.2, 0.25) is 0 Å². The number of ether oxygens (including phenoxy) is 1. The fourth-order valence-electron chi connectivity index (χ4n) is 3.88. The second-order valence-corrected chi connectivity index (χ2v) is 6.10. The van der Waals surface area contributed by atoms with E-state index in [1.165, 1.54) is 37.7 Å². The van der Waals surface area contributed by atoms with Gasteiger partial charge in [-0.15, -0.1) is 0 Å². The van der Waals surface area contributed by atoms with Crippen molar-refractivity contribution in [3.05, 3.63) is 35.9 Å². The van der Waals surface area contributed by atoms with E-state index in [9.17, 15) is 0 Å². The third-order valence-corrected chi connectivity index (χ3v) is 4.95. The summed E-state index contributed by atoms with van der Waals surface area (Å²) in [6.45, 7) is 5.07. The van der Waals surface area contributed by atoms with Crippen LogP contribution >= 0.6 is 0 Å². The number of hydrogen-bond acceptors (Lipinski definition) is 3. The Kier molecular flexibility index (Phi) is 6.68. The Morgan fingerprint density at radius 1 is 1.19 bits per heavy atom. The molecule has 3 heteroatoms. The molecule has 0 amide bonds. The van der Waals surface area contributed by atoms with Crippen LogP contribution in [0.4, 0.5) is 0 Å². The first kappa shape index (κ1) is 16.5. The summed E-state index contributed by atoms with van der Waals surface area (Å²) in [7, 11) is 0. The molecule has 2 rings (SSSR count).